The minimum absolute atomic E-state index is 0.0403. The number of carboxylic acid groups (broad SMARTS) is 1. The van der Waals surface area contributed by atoms with Gasteiger partial charge in [-0.25, -0.2) is 9.78 Å². The second-order valence-corrected chi connectivity index (χ2v) is 4.45. The molecular weight excluding hydrogens is 277 g/mol. The molecule has 0 aliphatic heterocycles. The molecule has 1 aromatic heterocycles. The molecule has 0 amide bonds. The Balaban J connectivity index is 3.00. The molecule has 2 aromatic rings. The zero-order valence-corrected chi connectivity index (χ0v) is 11.1. The molecule has 4 nitrogen and oxygen atoms in total. The van der Waals surface area contributed by atoms with Crippen molar-refractivity contribution in [2.75, 3.05) is 7.11 Å². The first-order chi connectivity index (χ1) is 8.47. The predicted molar refractivity (Wildman–Crippen MR) is 70.0 cm³/mol. The van der Waals surface area contributed by atoms with Gasteiger partial charge < -0.3 is 9.84 Å². The Kier molecular flexibility index (Phi) is 3.32. The first kappa shape index (κ1) is 12.9. The van der Waals surface area contributed by atoms with E-state index in [4.69, 9.17) is 27.9 Å². The lowest BCUT2D eigenvalue weighted by Crippen LogP contribution is -2.05. The Morgan fingerprint density at radius 2 is 2.06 bits per heavy atom. The van der Waals surface area contributed by atoms with Crippen molar-refractivity contribution in [3.05, 3.63) is 33.4 Å². The van der Waals surface area contributed by atoms with Crippen LogP contribution in [0.3, 0.4) is 0 Å². The molecule has 0 atom stereocenters. The average molecular weight is 286 g/mol. The zero-order valence-electron chi connectivity index (χ0n) is 9.62. The van der Waals surface area contributed by atoms with Crippen LogP contribution in [0.15, 0.2) is 12.1 Å². The van der Waals surface area contributed by atoms with E-state index in [2.05, 4.69) is 4.98 Å². The standard InChI is InChI=1S/C12H9Cl2NO3/c1-5-11(18-2)8(12(16)17)6-3-4-7(13)9(14)10(6)15-5/h3-4H,1-2H3,(H,16,17). The van der Waals surface area contributed by atoms with Crippen molar-refractivity contribution in [3.8, 4) is 5.75 Å². The van der Waals surface area contributed by atoms with Gasteiger partial charge in [-0.3, -0.25) is 0 Å². The van der Waals surface area contributed by atoms with E-state index < -0.39 is 5.97 Å². The van der Waals surface area contributed by atoms with E-state index in [0.717, 1.165) is 0 Å². The second kappa shape index (κ2) is 4.63. The minimum Gasteiger partial charge on any atom is -0.494 e. The summed E-state index contributed by atoms with van der Waals surface area (Å²) in [5.41, 5.74) is 0.852. The van der Waals surface area contributed by atoms with E-state index in [1.54, 1.807) is 13.0 Å². The third-order valence-electron chi connectivity index (χ3n) is 2.59. The van der Waals surface area contributed by atoms with Gasteiger partial charge in [-0.2, -0.15) is 0 Å². The number of aryl methyl sites for hydroxylation is 1. The number of aromatic carboxylic acids is 1. The molecule has 0 radical (unpaired) electrons. The molecule has 0 aliphatic carbocycles. The molecule has 6 heteroatoms. The number of rotatable bonds is 2. The summed E-state index contributed by atoms with van der Waals surface area (Å²) in [6, 6.07) is 3.11. The highest BCUT2D eigenvalue weighted by atomic mass is 35.5. The van der Waals surface area contributed by atoms with Gasteiger partial charge in [0.25, 0.3) is 0 Å². The summed E-state index contributed by atoms with van der Waals surface area (Å²) in [5.74, 6) is -0.867. The molecule has 0 unspecified atom stereocenters. The van der Waals surface area contributed by atoms with Crippen LogP contribution in [0.1, 0.15) is 16.1 Å². The van der Waals surface area contributed by atoms with Gasteiger partial charge in [0.2, 0.25) is 0 Å². The molecule has 2 rings (SSSR count). The van der Waals surface area contributed by atoms with Gasteiger partial charge >= 0.3 is 5.97 Å². The number of benzene rings is 1. The minimum atomic E-state index is -1.10. The van der Waals surface area contributed by atoms with Crippen molar-refractivity contribution in [1.29, 1.82) is 0 Å². The number of halogens is 2. The maximum atomic E-state index is 11.4. The molecular formula is C12H9Cl2NO3. The van der Waals surface area contributed by atoms with Gasteiger partial charge in [0, 0.05) is 5.39 Å². The molecule has 1 heterocycles. The fourth-order valence-corrected chi connectivity index (χ4v) is 2.19. The van der Waals surface area contributed by atoms with Crippen molar-refractivity contribution in [1.82, 2.24) is 4.98 Å². The van der Waals surface area contributed by atoms with Gasteiger partial charge in [0.15, 0.2) is 5.75 Å². The lowest BCUT2D eigenvalue weighted by molar-refractivity contribution is 0.0695. The first-order valence-electron chi connectivity index (χ1n) is 5.03. The summed E-state index contributed by atoms with van der Waals surface area (Å²) in [4.78, 5) is 15.6. The molecule has 0 saturated heterocycles. The quantitative estimate of drug-likeness (QED) is 0.917. The van der Waals surface area contributed by atoms with Crippen LogP contribution in [0.4, 0.5) is 0 Å². The van der Waals surface area contributed by atoms with Crippen molar-refractivity contribution in [2.24, 2.45) is 0 Å². The Labute approximate surface area is 113 Å². The maximum absolute atomic E-state index is 11.4. The van der Waals surface area contributed by atoms with Crippen LogP contribution >= 0.6 is 23.2 Å². The van der Waals surface area contributed by atoms with E-state index in [-0.39, 0.29) is 16.3 Å². The SMILES string of the molecule is COc1c(C)nc2c(Cl)c(Cl)ccc2c1C(=O)O. The molecule has 0 aliphatic rings. The molecule has 0 spiro atoms. The summed E-state index contributed by atoms with van der Waals surface area (Å²) in [7, 11) is 1.40. The normalized spacial score (nSPS) is 10.7. The van der Waals surface area contributed by atoms with Crippen LogP contribution in [0.5, 0.6) is 5.75 Å². The van der Waals surface area contributed by atoms with Crippen LogP contribution < -0.4 is 4.74 Å². The molecule has 0 bridgehead atoms. The molecule has 94 valence electrons. The van der Waals surface area contributed by atoms with E-state index in [9.17, 15) is 9.90 Å². The van der Waals surface area contributed by atoms with Gasteiger partial charge in [0.1, 0.15) is 5.56 Å². The average Bonchev–Trinajstić information content (AvgIpc) is 2.32. The van der Waals surface area contributed by atoms with Gasteiger partial charge in [-0.1, -0.05) is 29.3 Å². The van der Waals surface area contributed by atoms with Gasteiger partial charge in [-0.05, 0) is 13.0 Å². The van der Waals surface area contributed by atoms with E-state index in [0.29, 0.717) is 21.6 Å². The number of hydrogen-bond acceptors (Lipinski definition) is 3. The smallest absolute Gasteiger partial charge is 0.340 e. The number of pyridine rings is 1. The summed E-state index contributed by atoms with van der Waals surface area (Å²) in [6.45, 7) is 1.65. The van der Waals surface area contributed by atoms with Crippen molar-refractivity contribution in [2.45, 2.75) is 6.92 Å². The molecule has 1 aromatic carbocycles. The summed E-state index contributed by atoms with van der Waals surface area (Å²) in [6.07, 6.45) is 0. The lowest BCUT2D eigenvalue weighted by Gasteiger charge is -2.12. The monoisotopic (exact) mass is 285 g/mol. The number of hydrogen-bond donors (Lipinski definition) is 1. The largest absolute Gasteiger partial charge is 0.494 e. The fraction of sp³-hybridized carbons (Fsp3) is 0.167. The highest BCUT2D eigenvalue weighted by molar-refractivity contribution is 6.45. The Bertz CT molecular complexity index is 656. The molecule has 1 N–H and O–H groups in total. The van der Waals surface area contributed by atoms with E-state index in [1.165, 1.54) is 13.2 Å². The zero-order chi connectivity index (χ0) is 13.4. The Morgan fingerprint density at radius 1 is 1.39 bits per heavy atom. The highest BCUT2D eigenvalue weighted by Crippen LogP contribution is 2.35. The Morgan fingerprint density at radius 3 is 2.61 bits per heavy atom. The molecule has 18 heavy (non-hydrogen) atoms. The maximum Gasteiger partial charge on any atom is 0.340 e. The first-order valence-corrected chi connectivity index (χ1v) is 5.78. The number of aromatic nitrogens is 1. The van der Waals surface area contributed by atoms with Crippen LogP contribution in [0, 0.1) is 6.92 Å². The van der Waals surface area contributed by atoms with E-state index in [1.807, 2.05) is 0 Å². The molecule has 0 fully saturated rings. The van der Waals surface area contributed by atoms with E-state index >= 15 is 0 Å². The molecule has 0 saturated carbocycles. The summed E-state index contributed by atoms with van der Waals surface area (Å²) >= 11 is 11.9. The number of fused-ring (bicyclic) bond motifs is 1. The van der Waals surface area contributed by atoms with Crippen molar-refractivity contribution < 1.29 is 14.6 Å². The summed E-state index contributed by atoms with van der Waals surface area (Å²) in [5, 5.41) is 10.3. The number of ether oxygens (including phenoxy) is 1. The van der Waals surface area contributed by atoms with Crippen LogP contribution in [0.2, 0.25) is 10.0 Å². The second-order valence-electron chi connectivity index (χ2n) is 3.67. The van der Waals surface area contributed by atoms with Crippen molar-refractivity contribution in [3.63, 3.8) is 0 Å². The van der Waals surface area contributed by atoms with Crippen molar-refractivity contribution >= 4 is 40.1 Å². The number of carbonyl (C=O) groups is 1. The lowest BCUT2D eigenvalue weighted by atomic mass is 10.1. The fourth-order valence-electron chi connectivity index (χ4n) is 1.83. The third-order valence-corrected chi connectivity index (χ3v) is 3.39. The van der Waals surface area contributed by atoms with Crippen LogP contribution in [-0.2, 0) is 0 Å². The number of nitrogens with zero attached hydrogens (tertiary/aromatic N) is 1. The number of carboxylic acids is 1. The summed E-state index contributed by atoms with van der Waals surface area (Å²) < 4.78 is 5.10. The highest BCUT2D eigenvalue weighted by Gasteiger charge is 2.21. The Hall–Kier alpha value is -1.52. The third kappa shape index (κ3) is 1.87. The van der Waals surface area contributed by atoms with Gasteiger partial charge in [0.05, 0.1) is 28.4 Å². The topological polar surface area (TPSA) is 59.4 Å². The van der Waals surface area contributed by atoms with Crippen LogP contribution in [0.25, 0.3) is 10.9 Å². The van der Waals surface area contributed by atoms with Gasteiger partial charge in [-0.15, -0.1) is 0 Å². The van der Waals surface area contributed by atoms with Crippen LogP contribution in [-0.4, -0.2) is 23.2 Å². The predicted octanol–water partition coefficient (Wildman–Crippen LogP) is 3.56. The number of methoxy groups -OCH3 is 1.